The van der Waals surface area contributed by atoms with E-state index in [1.54, 1.807) is 29.3 Å². The fraction of sp³-hybridized carbons (Fsp3) is 0.333. The Morgan fingerprint density at radius 1 is 1.03 bits per heavy atom. The van der Waals surface area contributed by atoms with Crippen molar-refractivity contribution in [3.63, 3.8) is 0 Å². The van der Waals surface area contributed by atoms with Crippen LogP contribution in [-0.4, -0.2) is 65.2 Å². The van der Waals surface area contributed by atoms with E-state index in [9.17, 15) is 14.4 Å². The average molecular weight is 529 g/mol. The number of ether oxygens (including phenoxy) is 2. The lowest BCUT2D eigenvalue weighted by molar-refractivity contribution is -0.129. The smallest absolute Gasteiger partial charge is 0.410 e. The summed E-state index contributed by atoms with van der Waals surface area (Å²) in [5.41, 5.74) is 2.85. The molecular weight excluding hydrogens is 496 g/mol. The molecule has 0 atom stereocenters. The molecule has 9 nitrogen and oxygen atoms in total. The van der Waals surface area contributed by atoms with Gasteiger partial charge in [0, 0.05) is 43.0 Å². The molecule has 1 fully saturated rings. The van der Waals surface area contributed by atoms with Crippen molar-refractivity contribution in [1.82, 2.24) is 14.8 Å². The normalized spacial score (nSPS) is 16.1. The fourth-order valence-electron chi connectivity index (χ4n) is 4.87. The van der Waals surface area contributed by atoms with E-state index in [0.29, 0.717) is 24.5 Å². The highest BCUT2D eigenvalue weighted by Gasteiger charge is 2.34. The quantitative estimate of drug-likeness (QED) is 0.450. The zero-order valence-corrected chi connectivity index (χ0v) is 22.6. The van der Waals surface area contributed by atoms with Gasteiger partial charge in [0.2, 0.25) is 5.91 Å². The molecule has 0 radical (unpaired) electrons. The summed E-state index contributed by atoms with van der Waals surface area (Å²) in [5.74, 6) is 0.500. The summed E-state index contributed by atoms with van der Waals surface area (Å²) in [7, 11) is 1.59. The van der Waals surface area contributed by atoms with Crippen LogP contribution in [0, 0.1) is 0 Å². The summed E-state index contributed by atoms with van der Waals surface area (Å²) in [6.07, 6.45) is 5.33. The van der Waals surface area contributed by atoms with Gasteiger partial charge < -0.3 is 14.4 Å². The van der Waals surface area contributed by atoms with Crippen molar-refractivity contribution in [1.29, 1.82) is 0 Å². The van der Waals surface area contributed by atoms with Gasteiger partial charge in [-0.05, 0) is 49.6 Å². The Morgan fingerprint density at radius 3 is 2.51 bits per heavy atom. The van der Waals surface area contributed by atoms with Crippen molar-refractivity contribution in [2.45, 2.75) is 39.3 Å². The molecule has 3 heterocycles. The van der Waals surface area contributed by atoms with Crippen LogP contribution in [0.1, 0.15) is 38.3 Å². The number of hydrogen-bond donors (Lipinski definition) is 0. The molecule has 0 N–H and O–H groups in total. The lowest BCUT2D eigenvalue weighted by Gasteiger charge is -2.34. The fourth-order valence-corrected chi connectivity index (χ4v) is 4.87. The summed E-state index contributed by atoms with van der Waals surface area (Å²) in [6.45, 7) is 6.88. The van der Waals surface area contributed by atoms with Crippen LogP contribution in [0.5, 0.6) is 5.75 Å². The Labute approximate surface area is 227 Å². The molecule has 1 saturated heterocycles. The average Bonchev–Trinajstić information content (AvgIpc) is 3.40. The third kappa shape index (κ3) is 5.43. The van der Waals surface area contributed by atoms with Crippen LogP contribution < -0.4 is 9.64 Å². The first kappa shape index (κ1) is 26.2. The van der Waals surface area contributed by atoms with Crippen molar-refractivity contribution in [2.75, 3.05) is 31.6 Å². The first-order chi connectivity index (χ1) is 18.6. The number of methoxy groups -OCH3 is 1. The van der Waals surface area contributed by atoms with Crippen LogP contribution in [0.3, 0.4) is 0 Å². The molecular formula is C30H32N4O5. The van der Waals surface area contributed by atoms with E-state index < -0.39 is 5.60 Å². The summed E-state index contributed by atoms with van der Waals surface area (Å²) in [4.78, 5) is 48.0. The molecule has 2 aromatic carbocycles. The van der Waals surface area contributed by atoms with E-state index in [0.717, 1.165) is 27.5 Å². The van der Waals surface area contributed by atoms with Crippen molar-refractivity contribution >= 4 is 40.1 Å². The standard InChI is InChI=1S/C30H32N4O5/c1-30(2,3)39-29(37)32-14-12-21(19-32)23-6-5-7-24-25(23)16-31-17-26(24)33-15-13-27(35)34(28(33)36)18-20-8-10-22(38-4)11-9-20/h5-12,16-17H,13-15,18-19H2,1-4H3. The zero-order chi connectivity index (χ0) is 27.7. The van der Waals surface area contributed by atoms with Crippen LogP contribution in [0.15, 0.2) is 60.9 Å². The Kier molecular flexibility index (Phi) is 6.99. The summed E-state index contributed by atoms with van der Waals surface area (Å²) >= 11 is 0. The van der Waals surface area contributed by atoms with Crippen molar-refractivity contribution in [2.24, 2.45) is 0 Å². The number of aromatic nitrogens is 1. The number of urea groups is 1. The molecule has 202 valence electrons. The van der Waals surface area contributed by atoms with E-state index in [-0.39, 0.29) is 37.5 Å². The van der Waals surface area contributed by atoms with E-state index in [1.807, 2.05) is 69.3 Å². The molecule has 0 bridgehead atoms. The highest BCUT2D eigenvalue weighted by atomic mass is 16.6. The highest BCUT2D eigenvalue weighted by molar-refractivity contribution is 6.11. The monoisotopic (exact) mass is 528 g/mol. The second kappa shape index (κ2) is 10.4. The van der Waals surface area contributed by atoms with Crippen molar-refractivity contribution in [3.05, 3.63) is 72.1 Å². The van der Waals surface area contributed by atoms with Crippen molar-refractivity contribution < 1.29 is 23.9 Å². The van der Waals surface area contributed by atoms with Gasteiger partial charge in [0.1, 0.15) is 11.4 Å². The minimum atomic E-state index is -0.568. The summed E-state index contributed by atoms with van der Waals surface area (Å²) < 4.78 is 10.7. The number of benzene rings is 2. The van der Waals surface area contributed by atoms with E-state index in [4.69, 9.17) is 9.47 Å². The lowest BCUT2D eigenvalue weighted by atomic mass is 9.99. The molecule has 0 unspecified atom stereocenters. The third-order valence-electron chi connectivity index (χ3n) is 6.80. The zero-order valence-electron chi connectivity index (χ0n) is 22.6. The second-order valence-corrected chi connectivity index (χ2v) is 10.7. The molecule has 0 aliphatic carbocycles. The van der Waals surface area contributed by atoms with Gasteiger partial charge in [0.25, 0.3) is 0 Å². The first-order valence-corrected chi connectivity index (χ1v) is 12.9. The maximum Gasteiger partial charge on any atom is 0.410 e. The van der Waals surface area contributed by atoms with Gasteiger partial charge >= 0.3 is 12.1 Å². The number of rotatable bonds is 5. The number of nitrogens with zero attached hydrogens (tertiary/aromatic N) is 4. The van der Waals surface area contributed by atoms with E-state index >= 15 is 0 Å². The van der Waals surface area contributed by atoms with Gasteiger partial charge in [0.05, 0.1) is 25.5 Å². The number of hydrogen-bond acceptors (Lipinski definition) is 6. The molecule has 0 spiro atoms. The molecule has 4 amide bonds. The Hall–Kier alpha value is -4.40. The number of anilines is 1. The molecule has 3 aromatic rings. The number of fused-ring (bicyclic) bond motifs is 1. The van der Waals surface area contributed by atoms with Crippen LogP contribution in [-0.2, 0) is 16.1 Å². The number of pyridine rings is 1. The summed E-state index contributed by atoms with van der Waals surface area (Å²) in [6, 6.07) is 12.8. The van der Waals surface area contributed by atoms with Gasteiger partial charge in [-0.2, -0.15) is 0 Å². The molecule has 5 rings (SSSR count). The van der Waals surface area contributed by atoms with Gasteiger partial charge in [-0.1, -0.05) is 36.4 Å². The second-order valence-electron chi connectivity index (χ2n) is 10.7. The molecule has 0 saturated carbocycles. The molecule has 39 heavy (non-hydrogen) atoms. The van der Waals surface area contributed by atoms with Gasteiger partial charge in [-0.3, -0.25) is 19.6 Å². The number of carbonyl (C=O) groups is 3. The Balaban J connectivity index is 1.40. The number of carbonyl (C=O) groups excluding carboxylic acids is 3. The minimum Gasteiger partial charge on any atom is -0.497 e. The lowest BCUT2D eigenvalue weighted by Crippen LogP contribution is -2.52. The highest BCUT2D eigenvalue weighted by Crippen LogP contribution is 2.34. The largest absolute Gasteiger partial charge is 0.497 e. The SMILES string of the molecule is COc1ccc(CN2C(=O)CCN(c3cncc4c(C5=CCN(C(=O)OC(C)(C)C)C5)cccc34)C2=O)cc1. The van der Waals surface area contributed by atoms with Crippen LogP contribution >= 0.6 is 0 Å². The molecule has 2 aliphatic rings. The van der Waals surface area contributed by atoms with Gasteiger partial charge in [0.15, 0.2) is 0 Å². The molecule has 1 aromatic heterocycles. The number of imide groups is 1. The predicted molar refractivity (Wildman–Crippen MR) is 148 cm³/mol. The summed E-state index contributed by atoms with van der Waals surface area (Å²) in [5, 5.41) is 1.73. The molecule has 9 heteroatoms. The van der Waals surface area contributed by atoms with E-state index in [1.165, 1.54) is 4.90 Å². The van der Waals surface area contributed by atoms with Gasteiger partial charge in [-0.15, -0.1) is 0 Å². The maximum absolute atomic E-state index is 13.6. The number of amides is 4. The third-order valence-corrected chi connectivity index (χ3v) is 6.80. The Morgan fingerprint density at radius 2 is 1.79 bits per heavy atom. The minimum absolute atomic E-state index is 0.176. The predicted octanol–water partition coefficient (Wildman–Crippen LogP) is 5.24. The van der Waals surface area contributed by atoms with Crippen molar-refractivity contribution in [3.8, 4) is 5.75 Å². The maximum atomic E-state index is 13.6. The Bertz CT molecular complexity index is 1460. The van der Waals surface area contributed by atoms with Crippen LogP contribution in [0.25, 0.3) is 16.3 Å². The first-order valence-electron chi connectivity index (χ1n) is 12.9. The van der Waals surface area contributed by atoms with Crippen LogP contribution in [0.4, 0.5) is 15.3 Å². The van der Waals surface area contributed by atoms with Gasteiger partial charge in [-0.25, -0.2) is 9.59 Å². The van der Waals surface area contributed by atoms with E-state index in [2.05, 4.69) is 4.98 Å². The molecule has 2 aliphatic heterocycles. The topological polar surface area (TPSA) is 92.3 Å². The van der Waals surface area contributed by atoms with Crippen LogP contribution in [0.2, 0.25) is 0 Å².